The smallest absolute Gasteiger partial charge is 0.241 e. The molecule has 0 aliphatic carbocycles. The van der Waals surface area contributed by atoms with Crippen LogP contribution in [-0.4, -0.2) is 13.6 Å². The SMILES string of the molecule is Cc1ccc(Br)cc1S(=O)(=O)NCc1ccno1. The number of nitrogens with one attached hydrogen (secondary N) is 1. The summed E-state index contributed by atoms with van der Waals surface area (Å²) in [6.07, 6.45) is 1.47. The Labute approximate surface area is 113 Å². The van der Waals surface area contributed by atoms with E-state index < -0.39 is 10.0 Å². The number of hydrogen-bond donors (Lipinski definition) is 1. The average molecular weight is 331 g/mol. The van der Waals surface area contributed by atoms with E-state index in [4.69, 9.17) is 4.52 Å². The standard InChI is InChI=1S/C11H11BrN2O3S/c1-8-2-3-9(12)6-11(8)18(15,16)14-7-10-4-5-13-17-10/h2-6,14H,7H2,1H3. The predicted molar refractivity (Wildman–Crippen MR) is 69.4 cm³/mol. The molecule has 0 radical (unpaired) electrons. The molecular weight excluding hydrogens is 320 g/mol. The van der Waals surface area contributed by atoms with Gasteiger partial charge in [-0.15, -0.1) is 0 Å². The molecule has 0 aliphatic rings. The molecular formula is C11H11BrN2O3S. The Morgan fingerprint density at radius 1 is 1.39 bits per heavy atom. The van der Waals surface area contributed by atoms with Crippen LogP contribution in [0.5, 0.6) is 0 Å². The van der Waals surface area contributed by atoms with Crippen molar-refractivity contribution in [2.24, 2.45) is 0 Å². The molecule has 5 nitrogen and oxygen atoms in total. The minimum Gasteiger partial charge on any atom is -0.360 e. The van der Waals surface area contributed by atoms with Crippen LogP contribution in [-0.2, 0) is 16.6 Å². The normalized spacial score (nSPS) is 11.7. The van der Waals surface area contributed by atoms with Crippen molar-refractivity contribution in [3.8, 4) is 0 Å². The Hall–Kier alpha value is -1.18. The number of aryl methyl sites for hydroxylation is 1. The van der Waals surface area contributed by atoms with E-state index in [1.165, 1.54) is 6.20 Å². The van der Waals surface area contributed by atoms with Crippen molar-refractivity contribution in [2.45, 2.75) is 18.4 Å². The number of nitrogens with zero attached hydrogens (tertiary/aromatic N) is 1. The van der Waals surface area contributed by atoms with Gasteiger partial charge < -0.3 is 4.52 Å². The second-order valence-electron chi connectivity index (χ2n) is 3.71. The predicted octanol–water partition coefficient (Wildman–Crippen LogP) is 2.22. The molecule has 1 N–H and O–H groups in total. The van der Waals surface area contributed by atoms with E-state index >= 15 is 0 Å². The summed E-state index contributed by atoms with van der Waals surface area (Å²) in [4.78, 5) is 0.247. The molecule has 0 bridgehead atoms. The topological polar surface area (TPSA) is 72.2 Å². The molecule has 96 valence electrons. The third-order valence-electron chi connectivity index (χ3n) is 2.37. The highest BCUT2D eigenvalue weighted by Crippen LogP contribution is 2.20. The van der Waals surface area contributed by atoms with Crippen LogP contribution < -0.4 is 4.72 Å². The molecule has 0 unspecified atom stereocenters. The molecule has 0 saturated heterocycles. The molecule has 1 aromatic heterocycles. The first-order valence-corrected chi connectivity index (χ1v) is 7.42. The van der Waals surface area contributed by atoms with E-state index in [1.807, 2.05) is 0 Å². The van der Waals surface area contributed by atoms with Crippen LogP contribution in [0.2, 0.25) is 0 Å². The molecule has 0 saturated carbocycles. The van der Waals surface area contributed by atoms with Crippen molar-refractivity contribution >= 4 is 26.0 Å². The molecule has 0 amide bonds. The van der Waals surface area contributed by atoms with Crippen molar-refractivity contribution in [1.82, 2.24) is 9.88 Å². The summed E-state index contributed by atoms with van der Waals surface area (Å²) in [7, 11) is -3.56. The first-order chi connectivity index (χ1) is 8.49. The lowest BCUT2D eigenvalue weighted by Crippen LogP contribution is -2.23. The number of rotatable bonds is 4. The highest BCUT2D eigenvalue weighted by atomic mass is 79.9. The summed E-state index contributed by atoms with van der Waals surface area (Å²) in [6.45, 7) is 1.82. The fourth-order valence-electron chi connectivity index (χ4n) is 1.44. The molecule has 0 fully saturated rings. The molecule has 0 atom stereocenters. The lowest BCUT2D eigenvalue weighted by molar-refractivity contribution is 0.380. The lowest BCUT2D eigenvalue weighted by Gasteiger charge is -2.08. The second kappa shape index (κ2) is 5.21. The Kier molecular flexibility index (Phi) is 3.84. The summed E-state index contributed by atoms with van der Waals surface area (Å²) >= 11 is 3.26. The number of halogens is 1. The van der Waals surface area contributed by atoms with Crippen molar-refractivity contribution in [1.29, 1.82) is 0 Å². The number of aromatic nitrogens is 1. The second-order valence-corrected chi connectivity index (χ2v) is 6.36. The molecule has 1 heterocycles. The minimum atomic E-state index is -3.56. The summed E-state index contributed by atoms with van der Waals surface area (Å²) in [5.74, 6) is 0.464. The number of hydrogen-bond acceptors (Lipinski definition) is 4. The summed E-state index contributed by atoms with van der Waals surface area (Å²) < 4.78 is 32.2. The van der Waals surface area contributed by atoms with Gasteiger partial charge in [0.05, 0.1) is 17.6 Å². The first kappa shape index (κ1) is 13.3. The van der Waals surface area contributed by atoms with Crippen molar-refractivity contribution < 1.29 is 12.9 Å². The van der Waals surface area contributed by atoms with Crippen LogP contribution >= 0.6 is 15.9 Å². The number of sulfonamides is 1. The first-order valence-electron chi connectivity index (χ1n) is 5.14. The molecule has 18 heavy (non-hydrogen) atoms. The molecule has 2 aromatic rings. The van der Waals surface area contributed by atoms with Crippen LogP contribution in [0.1, 0.15) is 11.3 Å². The maximum Gasteiger partial charge on any atom is 0.241 e. The zero-order chi connectivity index (χ0) is 13.2. The Morgan fingerprint density at radius 3 is 2.83 bits per heavy atom. The van der Waals surface area contributed by atoms with Crippen molar-refractivity contribution in [3.63, 3.8) is 0 Å². The maximum atomic E-state index is 12.1. The van der Waals surface area contributed by atoms with Crippen LogP contribution in [0.4, 0.5) is 0 Å². The van der Waals surface area contributed by atoms with Crippen LogP contribution in [0, 0.1) is 6.92 Å². The van der Waals surface area contributed by atoms with Crippen LogP contribution in [0.15, 0.2) is 44.4 Å². The van der Waals surface area contributed by atoms with Gasteiger partial charge in [0.15, 0.2) is 5.76 Å². The van der Waals surface area contributed by atoms with Gasteiger partial charge in [-0.1, -0.05) is 27.2 Å². The zero-order valence-electron chi connectivity index (χ0n) is 9.55. The molecule has 2 rings (SSSR count). The largest absolute Gasteiger partial charge is 0.360 e. The van der Waals surface area contributed by atoms with Gasteiger partial charge in [-0.2, -0.15) is 0 Å². The third-order valence-corrected chi connectivity index (χ3v) is 4.40. The summed E-state index contributed by atoms with van der Waals surface area (Å²) in [5, 5.41) is 3.51. The van der Waals surface area contributed by atoms with Gasteiger partial charge in [0.2, 0.25) is 10.0 Å². The van der Waals surface area contributed by atoms with E-state index in [0.717, 1.165) is 0 Å². The van der Waals surface area contributed by atoms with Gasteiger partial charge in [-0.05, 0) is 24.6 Å². The molecule has 7 heteroatoms. The molecule has 0 aliphatic heterocycles. The van der Waals surface area contributed by atoms with Crippen LogP contribution in [0.3, 0.4) is 0 Å². The fourth-order valence-corrected chi connectivity index (χ4v) is 3.22. The van der Waals surface area contributed by atoms with E-state index in [0.29, 0.717) is 15.8 Å². The molecule has 0 spiro atoms. The maximum absolute atomic E-state index is 12.1. The van der Waals surface area contributed by atoms with Gasteiger partial charge in [-0.3, -0.25) is 0 Å². The van der Waals surface area contributed by atoms with E-state index in [-0.39, 0.29) is 11.4 Å². The van der Waals surface area contributed by atoms with Crippen LogP contribution in [0.25, 0.3) is 0 Å². The van der Waals surface area contributed by atoms with Gasteiger partial charge in [0.25, 0.3) is 0 Å². The summed E-state index contributed by atoms with van der Waals surface area (Å²) in [6, 6.07) is 6.71. The van der Waals surface area contributed by atoms with E-state index in [9.17, 15) is 8.42 Å². The average Bonchev–Trinajstić information content (AvgIpc) is 2.83. The quantitative estimate of drug-likeness (QED) is 0.932. The lowest BCUT2D eigenvalue weighted by atomic mass is 10.2. The van der Waals surface area contributed by atoms with Crippen molar-refractivity contribution in [3.05, 3.63) is 46.3 Å². The van der Waals surface area contributed by atoms with E-state index in [2.05, 4.69) is 25.8 Å². The molecule has 1 aromatic carbocycles. The van der Waals surface area contributed by atoms with Gasteiger partial charge in [0, 0.05) is 10.5 Å². The minimum absolute atomic E-state index is 0.0777. The van der Waals surface area contributed by atoms with Gasteiger partial charge in [0.1, 0.15) is 0 Å². The fraction of sp³-hybridized carbons (Fsp3) is 0.182. The van der Waals surface area contributed by atoms with E-state index in [1.54, 1.807) is 31.2 Å². The zero-order valence-corrected chi connectivity index (χ0v) is 12.0. The highest BCUT2D eigenvalue weighted by molar-refractivity contribution is 9.10. The van der Waals surface area contributed by atoms with Gasteiger partial charge in [-0.25, -0.2) is 13.1 Å². The number of benzene rings is 1. The third kappa shape index (κ3) is 2.98. The Balaban J connectivity index is 2.22. The Morgan fingerprint density at radius 2 is 2.17 bits per heavy atom. The summed E-state index contributed by atoms with van der Waals surface area (Å²) in [5.41, 5.74) is 0.684. The monoisotopic (exact) mass is 330 g/mol. The van der Waals surface area contributed by atoms with Gasteiger partial charge >= 0.3 is 0 Å². The Bertz CT molecular complexity index is 638. The van der Waals surface area contributed by atoms with Crippen molar-refractivity contribution in [2.75, 3.05) is 0 Å². The highest BCUT2D eigenvalue weighted by Gasteiger charge is 2.17.